The molecule has 4 nitrogen and oxygen atoms in total. The first-order chi connectivity index (χ1) is 9.07. The van der Waals surface area contributed by atoms with E-state index in [1.807, 2.05) is 42.3 Å². The molecule has 1 aromatic heterocycles. The van der Waals surface area contributed by atoms with Crippen molar-refractivity contribution in [1.29, 1.82) is 0 Å². The number of amides is 1. The van der Waals surface area contributed by atoms with Gasteiger partial charge in [0.2, 0.25) is 0 Å². The molecule has 1 amide bonds. The average molecular weight is 258 g/mol. The van der Waals surface area contributed by atoms with Gasteiger partial charge in [-0.3, -0.25) is 4.79 Å². The number of H-pyrrole nitrogens is 1. The van der Waals surface area contributed by atoms with Crippen molar-refractivity contribution in [2.75, 3.05) is 13.1 Å². The van der Waals surface area contributed by atoms with Crippen LogP contribution in [0.2, 0.25) is 0 Å². The second-order valence-electron chi connectivity index (χ2n) is 5.54. The molecule has 100 valence electrons. The largest absolute Gasteiger partial charge is 0.390 e. The number of piperidine rings is 1. The van der Waals surface area contributed by atoms with Crippen LogP contribution in [0.25, 0.3) is 10.9 Å². The molecule has 2 aromatic rings. The number of carbonyl (C=O) groups excluding carboxylic acids is 1. The molecule has 3 rings (SSSR count). The van der Waals surface area contributed by atoms with E-state index in [0.29, 0.717) is 31.5 Å². The zero-order chi connectivity index (χ0) is 13.5. The number of likely N-dealkylation sites (tertiary alicyclic amines) is 1. The molecular weight excluding hydrogens is 240 g/mol. The fourth-order valence-electron chi connectivity index (χ4n) is 2.63. The number of hydrogen-bond donors (Lipinski definition) is 2. The van der Waals surface area contributed by atoms with Crippen LogP contribution in [0.15, 0.2) is 30.5 Å². The van der Waals surface area contributed by atoms with Crippen LogP contribution in [0.1, 0.15) is 30.1 Å². The molecule has 19 heavy (non-hydrogen) atoms. The van der Waals surface area contributed by atoms with Gasteiger partial charge in [-0.05, 0) is 31.9 Å². The number of hydrogen-bond acceptors (Lipinski definition) is 2. The molecule has 0 spiro atoms. The molecule has 0 radical (unpaired) electrons. The minimum atomic E-state index is -0.630. The predicted octanol–water partition coefficient (Wildman–Crippen LogP) is 2.15. The number of rotatable bonds is 1. The van der Waals surface area contributed by atoms with E-state index in [1.54, 1.807) is 0 Å². The van der Waals surface area contributed by atoms with Crippen molar-refractivity contribution >= 4 is 16.8 Å². The average Bonchev–Trinajstić information content (AvgIpc) is 2.86. The normalized spacial score (nSPS) is 18.7. The second-order valence-corrected chi connectivity index (χ2v) is 5.54. The number of fused-ring (bicyclic) bond motifs is 1. The molecule has 4 heteroatoms. The van der Waals surface area contributed by atoms with Crippen molar-refractivity contribution in [2.45, 2.75) is 25.4 Å². The number of aromatic nitrogens is 1. The summed E-state index contributed by atoms with van der Waals surface area (Å²) in [4.78, 5) is 17.5. The van der Waals surface area contributed by atoms with Gasteiger partial charge < -0.3 is 15.0 Å². The van der Waals surface area contributed by atoms with Crippen LogP contribution in [0.3, 0.4) is 0 Å². The molecule has 0 unspecified atom stereocenters. The lowest BCUT2D eigenvalue weighted by molar-refractivity contribution is -0.00196. The third-order valence-corrected chi connectivity index (χ3v) is 3.95. The summed E-state index contributed by atoms with van der Waals surface area (Å²) in [6.07, 6.45) is 3.13. The first-order valence-electron chi connectivity index (χ1n) is 6.65. The number of para-hydroxylation sites is 1. The van der Waals surface area contributed by atoms with E-state index in [-0.39, 0.29) is 5.91 Å². The highest BCUT2D eigenvalue weighted by molar-refractivity contribution is 6.05. The van der Waals surface area contributed by atoms with Gasteiger partial charge in [0.15, 0.2) is 0 Å². The number of carbonyl (C=O) groups is 1. The van der Waals surface area contributed by atoms with E-state index in [9.17, 15) is 9.90 Å². The Morgan fingerprint density at radius 3 is 2.79 bits per heavy atom. The monoisotopic (exact) mass is 258 g/mol. The Labute approximate surface area is 112 Å². The maximum absolute atomic E-state index is 12.5. The van der Waals surface area contributed by atoms with Crippen LogP contribution >= 0.6 is 0 Å². The van der Waals surface area contributed by atoms with Gasteiger partial charge in [0, 0.05) is 24.7 Å². The van der Waals surface area contributed by atoms with Gasteiger partial charge in [0.05, 0.1) is 16.7 Å². The minimum absolute atomic E-state index is 0.0450. The molecular formula is C15H18N2O2. The first-order valence-corrected chi connectivity index (χ1v) is 6.65. The summed E-state index contributed by atoms with van der Waals surface area (Å²) >= 11 is 0. The van der Waals surface area contributed by atoms with Crippen molar-refractivity contribution in [3.8, 4) is 0 Å². The number of benzene rings is 1. The topological polar surface area (TPSA) is 56.3 Å². The fourth-order valence-corrected chi connectivity index (χ4v) is 2.63. The standard InChI is InChI=1S/C15H18N2O2/c1-15(19)6-9-17(10-7-15)14(18)12-4-2-3-11-5-8-16-13(11)12/h2-5,8,16,19H,6-7,9-10H2,1H3. The van der Waals surface area contributed by atoms with Crippen LogP contribution in [0, 0.1) is 0 Å². The van der Waals surface area contributed by atoms with Gasteiger partial charge in [-0.25, -0.2) is 0 Å². The Morgan fingerprint density at radius 1 is 1.32 bits per heavy atom. The van der Waals surface area contributed by atoms with Crippen molar-refractivity contribution in [3.63, 3.8) is 0 Å². The third kappa shape index (κ3) is 2.24. The Kier molecular flexibility index (Phi) is 2.82. The summed E-state index contributed by atoms with van der Waals surface area (Å²) in [7, 11) is 0. The van der Waals surface area contributed by atoms with Crippen LogP contribution in [-0.4, -0.2) is 39.6 Å². The lowest BCUT2D eigenvalue weighted by atomic mass is 9.93. The lowest BCUT2D eigenvalue weighted by Crippen LogP contribution is -2.45. The molecule has 1 fully saturated rings. The highest BCUT2D eigenvalue weighted by Crippen LogP contribution is 2.24. The Hall–Kier alpha value is -1.81. The highest BCUT2D eigenvalue weighted by Gasteiger charge is 2.30. The summed E-state index contributed by atoms with van der Waals surface area (Å²) in [6.45, 7) is 3.06. The molecule has 1 aliphatic rings. The van der Waals surface area contributed by atoms with E-state index in [1.165, 1.54) is 0 Å². The van der Waals surface area contributed by atoms with Gasteiger partial charge in [-0.15, -0.1) is 0 Å². The predicted molar refractivity (Wildman–Crippen MR) is 74.1 cm³/mol. The molecule has 0 saturated carbocycles. The van der Waals surface area contributed by atoms with Crippen molar-refractivity contribution in [2.24, 2.45) is 0 Å². The van der Waals surface area contributed by atoms with E-state index >= 15 is 0 Å². The molecule has 1 aromatic carbocycles. The Bertz CT molecular complexity index is 605. The van der Waals surface area contributed by atoms with Gasteiger partial charge in [-0.2, -0.15) is 0 Å². The number of nitrogens with one attached hydrogen (secondary N) is 1. The summed E-state index contributed by atoms with van der Waals surface area (Å²) in [6, 6.07) is 7.72. The summed E-state index contributed by atoms with van der Waals surface area (Å²) in [5.41, 5.74) is 0.976. The van der Waals surface area contributed by atoms with E-state index in [0.717, 1.165) is 10.9 Å². The lowest BCUT2D eigenvalue weighted by Gasteiger charge is -2.35. The van der Waals surface area contributed by atoms with E-state index in [4.69, 9.17) is 0 Å². The number of nitrogens with zero attached hydrogens (tertiary/aromatic N) is 1. The molecule has 1 saturated heterocycles. The molecule has 0 atom stereocenters. The fraction of sp³-hybridized carbons (Fsp3) is 0.400. The zero-order valence-electron chi connectivity index (χ0n) is 11.0. The van der Waals surface area contributed by atoms with E-state index in [2.05, 4.69) is 4.98 Å². The smallest absolute Gasteiger partial charge is 0.255 e. The summed E-state index contributed by atoms with van der Waals surface area (Å²) in [5.74, 6) is 0.0450. The summed E-state index contributed by atoms with van der Waals surface area (Å²) < 4.78 is 0. The maximum Gasteiger partial charge on any atom is 0.255 e. The van der Waals surface area contributed by atoms with Crippen LogP contribution in [0.4, 0.5) is 0 Å². The van der Waals surface area contributed by atoms with Crippen molar-refractivity contribution in [1.82, 2.24) is 9.88 Å². The van der Waals surface area contributed by atoms with Crippen LogP contribution in [-0.2, 0) is 0 Å². The summed E-state index contributed by atoms with van der Waals surface area (Å²) in [5, 5.41) is 11.0. The van der Waals surface area contributed by atoms with Crippen LogP contribution < -0.4 is 0 Å². The maximum atomic E-state index is 12.5. The number of aromatic amines is 1. The SMILES string of the molecule is CC1(O)CCN(C(=O)c2cccc3cc[nH]c23)CC1. The van der Waals surface area contributed by atoms with E-state index < -0.39 is 5.60 Å². The van der Waals surface area contributed by atoms with Crippen molar-refractivity contribution in [3.05, 3.63) is 36.0 Å². The molecule has 1 aliphatic heterocycles. The molecule has 0 aliphatic carbocycles. The van der Waals surface area contributed by atoms with Gasteiger partial charge in [0.1, 0.15) is 0 Å². The molecule has 2 heterocycles. The zero-order valence-corrected chi connectivity index (χ0v) is 11.0. The van der Waals surface area contributed by atoms with Gasteiger partial charge in [-0.1, -0.05) is 12.1 Å². The third-order valence-electron chi connectivity index (χ3n) is 3.95. The van der Waals surface area contributed by atoms with Gasteiger partial charge >= 0.3 is 0 Å². The molecule has 2 N–H and O–H groups in total. The Morgan fingerprint density at radius 2 is 2.05 bits per heavy atom. The van der Waals surface area contributed by atoms with Crippen LogP contribution in [0.5, 0.6) is 0 Å². The second kappa shape index (κ2) is 4.38. The quantitative estimate of drug-likeness (QED) is 0.823. The highest BCUT2D eigenvalue weighted by atomic mass is 16.3. The Balaban J connectivity index is 1.87. The number of aliphatic hydroxyl groups is 1. The molecule has 0 bridgehead atoms. The van der Waals surface area contributed by atoms with Crippen molar-refractivity contribution < 1.29 is 9.90 Å². The van der Waals surface area contributed by atoms with Gasteiger partial charge in [0.25, 0.3) is 5.91 Å². The first kappa shape index (κ1) is 12.2. The minimum Gasteiger partial charge on any atom is -0.390 e.